The van der Waals surface area contributed by atoms with Crippen molar-refractivity contribution in [3.8, 4) is 17.2 Å². The predicted molar refractivity (Wildman–Crippen MR) is 160 cm³/mol. The molecule has 1 atom stereocenters. The van der Waals surface area contributed by atoms with Crippen molar-refractivity contribution in [3.05, 3.63) is 107 Å². The van der Waals surface area contributed by atoms with Crippen LogP contribution in [0.3, 0.4) is 0 Å². The van der Waals surface area contributed by atoms with E-state index in [1.54, 1.807) is 57.4 Å². The van der Waals surface area contributed by atoms with Crippen molar-refractivity contribution in [1.29, 1.82) is 0 Å². The topological polar surface area (TPSA) is 84.1 Å². The van der Waals surface area contributed by atoms with Gasteiger partial charge in [-0.15, -0.1) is 0 Å². The number of allylic oxidation sites excluding steroid dienone is 1. The molecular formula is C31H29ClFN3O5S. The summed E-state index contributed by atoms with van der Waals surface area (Å²) in [5, 5.41) is 0.0246. The molecule has 2 aromatic carbocycles. The fraction of sp³-hybridized carbons (Fsp3) is 0.258. The molecule has 1 aliphatic heterocycles. The minimum absolute atomic E-state index is 0.0246. The van der Waals surface area contributed by atoms with Gasteiger partial charge in [-0.05, 0) is 75.7 Å². The van der Waals surface area contributed by atoms with Gasteiger partial charge in [-0.25, -0.2) is 14.2 Å². The molecule has 218 valence electrons. The summed E-state index contributed by atoms with van der Waals surface area (Å²) < 4.78 is 34.1. The predicted octanol–water partition coefficient (Wildman–Crippen LogP) is 5.02. The Kier molecular flexibility index (Phi) is 8.12. The summed E-state index contributed by atoms with van der Waals surface area (Å²) in [6, 6.07) is 10.9. The van der Waals surface area contributed by atoms with Gasteiger partial charge < -0.3 is 18.8 Å². The van der Waals surface area contributed by atoms with Crippen LogP contribution >= 0.6 is 22.9 Å². The van der Waals surface area contributed by atoms with Gasteiger partial charge in [0.15, 0.2) is 4.80 Å². The largest absolute Gasteiger partial charge is 0.497 e. The number of thiazole rings is 1. The zero-order valence-corrected chi connectivity index (χ0v) is 25.5. The monoisotopic (exact) mass is 609 g/mol. The number of carbonyl (C=O) groups is 1. The van der Waals surface area contributed by atoms with Crippen molar-refractivity contribution < 1.29 is 23.4 Å². The van der Waals surface area contributed by atoms with E-state index in [-0.39, 0.29) is 22.8 Å². The van der Waals surface area contributed by atoms with Crippen molar-refractivity contribution in [2.75, 3.05) is 20.8 Å². The first-order valence-corrected chi connectivity index (χ1v) is 14.3. The van der Waals surface area contributed by atoms with Crippen molar-refractivity contribution in [2.24, 2.45) is 4.99 Å². The molecule has 2 aromatic heterocycles. The van der Waals surface area contributed by atoms with Crippen LogP contribution in [0.2, 0.25) is 5.02 Å². The molecule has 0 N–H and O–H groups in total. The van der Waals surface area contributed by atoms with Gasteiger partial charge in [0.1, 0.15) is 23.4 Å². The molecule has 1 unspecified atom stereocenters. The number of esters is 1. The van der Waals surface area contributed by atoms with Gasteiger partial charge in [0.2, 0.25) is 0 Å². The second kappa shape index (κ2) is 11.6. The third-order valence-electron chi connectivity index (χ3n) is 7.17. The second-order valence-electron chi connectivity index (χ2n) is 9.67. The number of hydrogen-bond donors (Lipinski definition) is 0. The summed E-state index contributed by atoms with van der Waals surface area (Å²) in [7, 11) is 3.07. The molecule has 0 saturated heterocycles. The highest BCUT2D eigenvalue weighted by Crippen LogP contribution is 2.37. The summed E-state index contributed by atoms with van der Waals surface area (Å²) in [6.45, 7) is 7.47. The Morgan fingerprint density at radius 3 is 2.55 bits per heavy atom. The van der Waals surface area contributed by atoms with Gasteiger partial charge in [-0.1, -0.05) is 22.9 Å². The highest BCUT2D eigenvalue weighted by atomic mass is 35.5. The lowest BCUT2D eigenvalue weighted by Crippen LogP contribution is -2.40. The molecule has 42 heavy (non-hydrogen) atoms. The van der Waals surface area contributed by atoms with E-state index in [0.717, 1.165) is 17.0 Å². The summed E-state index contributed by atoms with van der Waals surface area (Å²) in [4.78, 5) is 32.4. The molecule has 0 amide bonds. The van der Waals surface area contributed by atoms with Gasteiger partial charge in [0, 0.05) is 28.7 Å². The van der Waals surface area contributed by atoms with E-state index in [0.29, 0.717) is 37.8 Å². The first kappa shape index (κ1) is 29.3. The zero-order valence-electron chi connectivity index (χ0n) is 24.0. The number of benzene rings is 2. The van der Waals surface area contributed by atoms with Gasteiger partial charge >= 0.3 is 5.97 Å². The number of carbonyl (C=O) groups excluding carboxylic acids is 1. The normalized spacial score (nSPS) is 15.0. The van der Waals surface area contributed by atoms with E-state index in [9.17, 15) is 14.0 Å². The summed E-state index contributed by atoms with van der Waals surface area (Å²) in [5.74, 6) is -0.0340. The Morgan fingerprint density at radius 2 is 1.88 bits per heavy atom. The molecule has 0 radical (unpaired) electrons. The van der Waals surface area contributed by atoms with E-state index in [4.69, 9.17) is 25.8 Å². The van der Waals surface area contributed by atoms with Crippen LogP contribution < -0.4 is 24.4 Å². The maximum Gasteiger partial charge on any atom is 0.338 e. The number of rotatable bonds is 7. The average Bonchev–Trinajstić information content (AvgIpc) is 3.42. The molecule has 0 aliphatic carbocycles. The Hall–Kier alpha value is -4.15. The Balaban J connectivity index is 1.72. The first-order chi connectivity index (χ1) is 20.1. The van der Waals surface area contributed by atoms with Crippen LogP contribution in [0.4, 0.5) is 4.39 Å². The third kappa shape index (κ3) is 5.05. The average molecular weight is 610 g/mol. The molecular weight excluding hydrogens is 581 g/mol. The van der Waals surface area contributed by atoms with Crippen molar-refractivity contribution in [3.63, 3.8) is 0 Å². The zero-order chi connectivity index (χ0) is 30.3. The van der Waals surface area contributed by atoms with Crippen LogP contribution in [0, 0.1) is 19.7 Å². The van der Waals surface area contributed by atoms with Gasteiger partial charge in [0.05, 0.1) is 41.7 Å². The number of methoxy groups -OCH3 is 2. The number of halogens is 2. The Labute approximate surface area is 250 Å². The smallest absolute Gasteiger partial charge is 0.338 e. The van der Waals surface area contributed by atoms with Crippen molar-refractivity contribution in [2.45, 2.75) is 33.7 Å². The fourth-order valence-electron chi connectivity index (χ4n) is 5.23. The minimum Gasteiger partial charge on any atom is -0.497 e. The summed E-state index contributed by atoms with van der Waals surface area (Å²) in [5.41, 5.74) is 4.23. The van der Waals surface area contributed by atoms with Crippen LogP contribution in [0.1, 0.15) is 42.4 Å². The molecule has 11 heteroatoms. The van der Waals surface area contributed by atoms with Crippen molar-refractivity contribution >= 4 is 35.0 Å². The summed E-state index contributed by atoms with van der Waals surface area (Å²) in [6.07, 6.45) is 1.81. The first-order valence-electron chi connectivity index (χ1n) is 13.2. The van der Waals surface area contributed by atoms with Crippen LogP contribution in [0.25, 0.3) is 11.8 Å². The fourth-order valence-corrected chi connectivity index (χ4v) is 6.44. The number of hydrogen-bond acceptors (Lipinski definition) is 7. The van der Waals surface area contributed by atoms with E-state index in [1.807, 2.05) is 24.5 Å². The second-order valence-corrected chi connectivity index (χ2v) is 11.1. The number of fused-ring (bicyclic) bond motifs is 1. The highest BCUT2D eigenvalue weighted by molar-refractivity contribution is 7.07. The van der Waals surface area contributed by atoms with Crippen LogP contribution in [0.5, 0.6) is 11.5 Å². The maximum absolute atomic E-state index is 14.1. The van der Waals surface area contributed by atoms with Crippen molar-refractivity contribution in [1.82, 2.24) is 9.13 Å². The lowest BCUT2D eigenvalue weighted by Gasteiger charge is -2.26. The van der Waals surface area contributed by atoms with E-state index >= 15 is 0 Å². The molecule has 1 aliphatic rings. The maximum atomic E-state index is 14.1. The van der Waals surface area contributed by atoms with Gasteiger partial charge in [-0.3, -0.25) is 9.36 Å². The number of aryl methyl sites for hydroxylation is 1. The minimum atomic E-state index is -0.836. The highest BCUT2D eigenvalue weighted by Gasteiger charge is 2.35. The molecule has 0 fully saturated rings. The third-order valence-corrected chi connectivity index (χ3v) is 8.44. The standard InChI is InChI=1S/C31H29ClFN3O5S/c1-7-41-30(38)27-17(3)34-31-36(28(27)22-10-9-21(39-5)15-25(22)40-6)29(37)26(42-31)13-19-12-16(2)35(18(19)4)20-8-11-24(33)23(32)14-20/h8-15,28H,7H2,1-6H3. The van der Waals surface area contributed by atoms with E-state index < -0.39 is 17.8 Å². The number of nitrogens with zero attached hydrogens (tertiary/aromatic N) is 3. The molecule has 0 saturated carbocycles. The lowest BCUT2D eigenvalue weighted by molar-refractivity contribution is -0.139. The SMILES string of the molecule is CCOC(=O)C1=C(C)N=c2sc(=Cc3cc(C)n(-c4ccc(F)c(Cl)c4)c3C)c(=O)n2C1c1ccc(OC)cc1OC. The van der Waals surface area contributed by atoms with Gasteiger partial charge in [0.25, 0.3) is 5.56 Å². The number of aromatic nitrogens is 2. The quantitative estimate of drug-likeness (QED) is 0.275. The lowest BCUT2D eigenvalue weighted by atomic mass is 9.95. The summed E-state index contributed by atoms with van der Waals surface area (Å²) >= 11 is 7.28. The molecule has 0 spiro atoms. The molecule has 0 bridgehead atoms. The van der Waals surface area contributed by atoms with E-state index in [1.165, 1.54) is 29.1 Å². The van der Waals surface area contributed by atoms with Crippen LogP contribution in [-0.2, 0) is 9.53 Å². The molecule has 8 nitrogen and oxygen atoms in total. The molecule has 4 aromatic rings. The molecule has 3 heterocycles. The van der Waals surface area contributed by atoms with Gasteiger partial charge in [-0.2, -0.15) is 0 Å². The molecule has 5 rings (SSSR count). The van der Waals surface area contributed by atoms with Crippen LogP contribution in [-0.4, -0.2) is 35.9 Å². The van der Waals surface area contributed by atoms with E-state index in [2.05, 4.69) is 4.99 Å². The Morgan fingerprint density at radius 1 is 1.12 bits per heavy atom. The Bertz CT molecular complexity index is 1940. The number of ether oxygens (including phenoxy) is 3. The van der Waals surface area contributed by atoms with Crippen LogP contribution in [0.15, 0.2) is 63.5 Å².